The van der Waals surface area contributed by atoms with E-state index in [1.807, 2.05) is 42.2 Å². The Bertz CT molecular complexity index is 1690. The van der Waals surface area contributed by atoms with Gasteiger partial charge in [-0.25, -0.2) is 8.78 Å². The number of para-hydroxylation sites is 3. The second kappa shape index (κ2) is 12.7. The number of carbonyl (C=O) groups excluding carboxylic acids is 1. The van der Waals surface area contributed by atoms with E-state index < -0.39 is 0 Å². The number of fused-ring (bicyclic) bond motifs is 1. The number of hydrogen-bond acceptors (Lipinski definition) is 3. The summed E-state index contributed by atoms with van der Waals surface area (Å²) >= 11 is 0. The molecule has 1 fully saturated rings. The van der Waals surface area contributed by atoms with Crippen molar-refractivity contribution in [2.75, 3.05) is 37.7 Å². The molecular formula is C36H35F2N3O2. The van der Waals surface area contributed by atoms with Crippen molar-refractivity contribution in [2.24, 2.45) is 0 Å². The lowest BCUT2D eigenvalue weighted by molar-refractivity contribution is -0.131. The average Bonchev–Trinajstić information content (AvgIpc) is 3.40. The van der Waals surface area contributed by atoms with E-state index in [-0.39, 0.29) is 29.9 Å². The SMILES string of the molecule is CCOc1ccccc1N1CCN(C(=O)CC(c2ccc(F)cc2)c2cn(Cc3ccc(F)cc3)c3ccccc23)CC1. The third kappa shape index (κ3) is 6.26. The van der Waals surface area contributed by atoms with Gasteiger partial charge in [0, 0.05) is 62.2 Å². The summed E-state index contributed by atoms with van der Waals surface area (Å²) < 4.78 is 35.5. The van der Waals surface area contributed by atoms with Crippen LogP contribution in [0.5, 0.6) is 5.75 Å². The largest absolute Gasteiger partial charge is 0.492 e. The third-order valence-corrected chi connectivity index (χ3v) is 8.25. The first-order chi connectivity index (χ1) is 21.0. The first-order valence-electron chi connectivity index (χ1n) is 14.8. The Morgan fingerprint density at radius 3 is 2.19 bits per heavy atom. The smallest absolute Gasteiger partial charge is 0.223 e. The summed E-state index contributed by atoms with van der Waals surface area (Å²) in [4.78, 5) is 18.1. The Morgan fingerprint density at radius 2 is 1.47 bits per heavy atom. The van der Waals surface area contributed by atoms with E-state index in [0.29, 0.717) is 39.3 Å². The minimum absolute atomic E-state index is 0.0717. The maximum atomic E-state index is 14.0. The highest BCUT2D eigenvalue weighted by molar-refractivity contribution is 5.87. The summed E-state index contributed by atoms with van der Waals surface area (Å²) in [6.07, 6.45) is 2.36. The Morgan fingerprint density at radius 1 is 0.814 bits per heavy atom. The second-order valence-electron chi connectivity index (χ2n) is 10.9. The molecule has 1 atom stereocenters. The number of halogens is 2. The molecular weight excluding hydrogens is 544 g/mol. The van der Waals surface area contributed by atoms with E-state index >= 15 is 0 Å². The van der Waals surface area contributed by atoms with Crippen LogP contribution in [0.4, 0.5) is 14.5 Å². The van der Waals surface area contributed by atoms with Crippen LogP contribution < -0.4 is 9.64 Å². The van der Waals surface area contributed by atoms with Crippen molar-refractivity contribution in [1.82, 2.24) is 9.47 Å². The predicted octanol–water partition coefficient (Wildman–Crippen LogP) is 7.24. The molecule has 7 heteroatoms. The van der Waals surface area contributed by atoms with Gasteiger partial charge in [0.25, 0.3) is 0 Å². The first kappa shape index (κ1) is 28.5. The number of benzene rings is 4. The summed E-state index contributed by atoms with van der Waals surface area (Å²) in [7, 11) is 0. The Labute approximate surface area is 250 Å². The molecule has 1 amide bonds. The molecule has 1 saturated heterocycles. The zero-order chi connectivity index (χ0) is 29.8. The highest BCUT2D eigenvalue weighted by atomic mass is 19.1. The zero-order valence-electron chi connectivity index (χ0n) is 24.3. The minimum atomic E-state index is -0.309. The minimum Gasteiger partial charge on any atom is -0.492 e. The van der Waals surface area contributed by atoms with Crippen molar-refractivity contribution >= 4 is 22.5 Å². The van der Waals surface area contributed by atoms with Crippen molar-refractivity contribution in [1.29, 1.82) is 0 Å². The lowest BCUT2D eigenvalue weighted by Gasteiger charge is -2.37. The van der Waals surface area contributed by atoms with Crippen LogP contribution in [0, 0.1) is 11.6 Å². The average molecular weight is 580 g/mol. The van der Waals surface area contributed by atoms with Gasteiger partial charge in [0.2, 0.25) is 5.91 Å². The molecule has 5 aromatic rings. The van der Waals surface area contributed by atoms with Crippen LogP contribution in [0.1, 0.15) is 36.0 Å². The number of nitrogens with zero attached hydrogens (tertiary/aromatic N) is 3. The van der Waals surface area contributed by atoms with Gasteiger partial charge in [0.1, 0.15) is 17.4 Å². The van der Waals surface area contributed by atoms with Gasteiger partial charge < -0.3 is 19.1 Å². The maximum absolute atomic E-state index is 14.0. The third-order valence-electron chi connectivity index (χ3n) is 8.25. The van der Waals surface area contributed by atoms with Crippen LogP contribution in [-0.4, -0.2) is 48.2 Å². The molecule has 0 aliphatic carbocycles. The van der Waals surface area contributed by atoms with Crippen molar-refractivity contribution < 1.29 is 18.3 Å². The number of hydrogen-bond donors (Lipinski definition) is 0. The van der Waals surface area contributed by atoms with E-state index in [2.05, 4.69) is 33.9 Å². The van der Waals surface area contributed by atoms with Crippen LogP contribution in [0.3, 0.4) is 0 Å². The molecule has 1 aliphatic rings. The van der Waals surface area contributed by atoms with Crippen LogP contribution >= 0.6 is 0 Å². The van der Waals surface area contributed by atoms with Crippen LogP contribution in [-0.2, 0) is 11.3 Å². The molecule has 2 heterocycles. The number of carbonyl (C=O) groups is 1. The number of piperazine rings is 1. The number of anilines is 1. The molecule has 0 spiro atoms. The van der Waals surface area contributed by atoms with Gasteiger partial charge >= 0.3 is 0 Å². The highest BCUT2D eigenvalue weighted by Crippen LogP contribution is 2.36. The van der Waals surface area contributed by atoms with Gasteiger partial charge in [-0.2, -0.15) is 0 Å². The molecule has 6 rings (SSSR count). The summed E-state index contributed by atoms with van der Waals surface area (Å²) in [5, 5.41) is 1.05. The molecule has 1 aromatic heterocycles. The van der Waals surface area contributed by atoms with Crippen molar-refractivity contribution in [2.45, 2.75) is 25.8 Å². The molecule has 1 unspecified atom stereocenters. The zero-order valence-corrected chi connectivity index (χ0v) is 24.3. The number of ether oxygens (including phenoxy) is 1. The number of aromatic nitrogens is 1. The summed E-state index contributed by atoms with van der Waals surface area (Å²) in [5.74, 6) is 0.0943. The predicted molar refractivity (Wildman–Crippen MR) is 167 cm³/mol. The van der Waals surface area contributed by atoms with Crippen LogP contribution in [0.25, 0.3) is 10.9 Å². The van der Waals surface area contributed by atoms with E-state index in [0.717, 1.165) is 39.0 Å². The molecule has 0 radical (unpaired) electrons. The molecule has 220 valence electrons. The van der Waals surface area contributed by atoms with Gasteiger partial charge in [-0.3, -0.25) is 4.79 Å². The van der Waals surface area contributed by atoms with Gasteiger partial charge in [-0.1, -0.05) is 54.6 Å². The second-order valence-corrected chi connectivity index (χ2v) is 10.9. The van der Waals surface area contributed by atoms with E-state index in [4.69, 9.17) is 4.74 Å². The summed E-state index contributed by atoms with van der Waals surface area (Å²) in [6.45, 7) is 5.80. The molecule has 43 heavy (non-hydrogen) atoms. The summed E-state index contributed by atoms with van der Waals surface area (Å²) in [5.41, 5.74) is 4.97. The standard InChI is InChI=1S/C36H35F2N3O2/c1-2-43-35-10-6-5-9-34(35)39-19-21-40(22-20-39)36(42)23-31(27-13-17-29(38)18-14-27)32-25-41(33-8-4-3-7-30(32)33)24-26-11-15-28(37)16-12-26/h3-18,25,31H,2,19-24H2,1H3. The fourth-order valence-corrected chi connectivity index (χ4v) is 6.07. The fraction of sp³-hybridized carbons (Fsp3) is 0.250. The number of amides is 1. The molecule has 0 bridgehead atoms. The Kier molecular flexibility index (Phi) is 8.40. The van der Waals surface area contributed by atoms with Gasteiger partial charge in [-0.05, 0) is 66.1 Å². The number of rotatable bonds is 9. The Hall–Kier alpha value is -4.65. The molecule has 0 N–H and O–H groups in total. The van der Waals surface area contributed by atoms with Crippen LogP contribution in [0.2, 0.25) is 0 Å². The lowest BCUT2D eigenvalue weighted by Crippen LogP contribution is -2.49. The first-order valence-corrected chi connectivity index (χ1v) is 14.8. The maximum Gasteiger partial charge on any atom is 0.223 e. The fourth-order valence-electron chi connectivity index (χ4n) is 6.07. The van der Waals surface area contributed by atoms with E-state index in [1.165, 1.54) is 24.3 Å². The van der Waals surface area contributed by atoms with Crippen LogP contribution in [0.15, 0.2) is 103 Å². The van der Waals surface area contributed by atoms with E-state index in [9.17, 15) is 13.6 Å². The lowest BCUT2D eigenvalue weighted by atomic mass is 9.87. The monoisotopic (exact) mass is 579 g/mol. The van der Waals surface area contributed by atoms with E-state index in [1.54, 1.807) is 24.3 Å². The van der Waals surface area contributed by atoms with Gasteiger partial charge in [0.05, 0.1) is 12.3 Å². The van der Waals surface area contributed by atoms with Gasteiger partial charge in [-0.15, -0.1) is 0 Å². The van der Waals surface area contributed by atoms with Crippen molar-refractivity contribution in [3.8, 4) is 5.75 Å². The normalized spacial score (nSPS) is 14.2. The van der Waals surface area contributed by atoms with Gasteiger partial charge in [0.15, 0.2) is 0 Å². The topological polar surface area (TPSA) is 37.7 Å². The summed E-state index contributed by atoms with van der Waals surface area (Å²) in [6, 6.07) is 29.1. The molecule has 4 aromatic carbocycles. The highest BCUT2D eigenvalue weighted by Gasteiger charge is 2.28. The molecule has 1 aliphatic heterocycles. The molecule has 0 saturated carbocycles. The van der Waals surface area contributed by atoms with Crippen molar-refractivity contribution in [3.63, 3.8) is 0 Å². The van der Waals surface area contributed by atoms with Crippen molar-refractivity contribution in [3.05, 3.63) is 132 Å². The Balaban J connectivity index is 1.26. The quantitative estimate of drug-likeness (QED) is 0.185. The molecule has 5 nitrogen and oxygen atoms in total.